The van der Waals surface area contributed by atoms with Crippen molar-refractivity contribution >= 4 is 34.1 Å². The summed E-state index contributed by atoms with van der Waals surface area (Å²) >= 11 is 1.15. The minimum absolute atomic E-state index is 0.203. The van der Waals surface area contributed by atoms with Gasteiger partial charge >= 0.3 is 5.97 Å². The summed E-state index contributed by atoms with van der Waals surface area (Å²) in [5, 5.41) is 4.43. The second kappa shape index (κ2) is 10.3. The fourth-order valence-electron chi connectivity index (χ4n) is 2.21. The summed E-state index contributed by atoms with van der Waals surface area (Å²) in [4.78, 5) is 35.5. The molecule has 0 aliphatic rings. The molecule has 0 fully saturated rings. The summed E-state index contributed by atoms with van der Waals surface area (Å²) in [5.74, 6) is -0.942. The van der Waals surface area contributed by atoms with Gasteiger partial charge in [-0.05, 0) is 43.0 Å². The third-order valence-corrected chi connectivity index (χ3v) is 4.29. The first-order valence-electron chi connectivity index (χ1n) is 8.70. The molecule has 0 aliphatic carbocycles. The van der Waals surface area contributed by atoms with Crippen LogP contribution in [0.15, 0.2) is 29.6 Å². The predicted octanol–water partition coefficient (Wildman–Crippen LogP) is 2.83. The summed E-state index contributed by atoms with van der Waals surface area (Å²) in [6.07, 6.45) is 0.839. The summed E-state index contributed by atoms with van der Waals surface area (Å²) in [7, 11) is 0. The van der Waals surface area contributed by atoms with Crippen molar-refractivity contribution in [2.45, 2.75) is 20.3 Å². The molecule has 1 aromatic heterocycles. The van der Waals surface area contributed by atoms with Crippen LogP contribution in [0, 0.1) is 0 Å². The molecular formula is C19H22N2O6S. The van der Waals surface area contributed by atoms with Gasteiger partial charge in [0.2, 0.25) is 0 Å². The van der Waals surface area contributed by atoms with Gasteiger partial charge in [0.05, 0.1) is 24.3 Å². The third kappa shape index (κ3) is 5.71. The number of esters is 1. The van der Waals surface area contributed by atoms with Gasteiger partial charge in [-0.2, -0.15) is 0 Å². The largest absolute Gasteiger partial charge is 0.490 e. The number of primary amides is 1. The molecule has 3 N–H and O–H groups in total. The van der Waals surface area contributed by atoms with Crippen LogP contribution in [-0.2, 0) is 9.53 Å². The number of benzene rings is 1. The Kier molecular flexibility index (Phi) is 7.82. The van der Waals surface area contributed by atoms with Crippen LogP contribution in [0.2, 0.25) is 0 Å². The second-order valence-electron chi connectivity index (χ2n) is 5.59. The number of rotatable bonds is 10. The van der Waals surface area contributed by atoms with E-state index in [4.69, 9.17) is 19.9 Å². The van der Waals surface area contributed by atoms with Gasteiger partial charge in [0, 0.05) is 0 Å². The number of ether oxygens (including phenoxy) is 3. The van der Waals surface area contributed by atoms with Gasteiger partial charge in [0.15, 0.2) is 18.1 Å². The van der Waals surface area contributed by atoms with Crippen molar-refractivity contribution in [3.05, 3.63) is 40.8 Å². The smallest absolute Gasteiger partial charge is 0.338 e. The molecule has 0 aliphatic heterocycles. The fourth-order valence-corrected chi connectivity index (χ4v) is 3.02. The first-order chi connectivity index (χ1) is 13.5. The fraction of sp³-hybridized carbons (Fsp3) is 0.316. The number of carbonyl (C=O) groups is 3. The monoisotopic (exact) mass is 406 g/mol. The Labute approximate surface area is 166 Å². The van der Waals surface area contributed by atoms with Crippen LogP contribution < -0.4 is 20.5 Å². The lowest BCUT2D eigenvalue weighted by molar-refractivity contribution is -0.119. The van der Waals surface area contributed by atoms with Crippen LogP contribution in [0.5, 0.6) is 11.5 Å². The SMILES string of the molecule is CCCOc1ccc(C(=O)OCC(=O)Nc2sccc2C(N)=O)cc1OCC. The van der Waals surface area contributed by atoms with E-state index >= 15 is 0 Å². The number of hydrogen-bond donors (Lipinski definition) is 2. The van der Waals surface area contributed by atoms with Crippen LogP contribution in [0.25, 0.3) is 0 Å². The maximum Gasteiger partial charge on any atom is 0.338 e. The van der Waals surface area contributed by atoms with E-state index in [1.165, 1.54) is 18.2 Å². The van der Waals surface area contributed by atoms with Crippen LogP contribution in [-0.4, -0.2) is 37.6 Å². The molecule has 2 rings (SSSR count). The van der Waals surface area contributed by atoms with Gasteiger partial charge < -0.3 is 25.3 Å². The van der Waals surface area contributed by atoms with E-state index in [1.54, 1.807) is 11.4 Å². The van der Waals surface area contributed by atoms with Gasteiger partial charge in [0.25, 0.3) is 11.8 Å². The molecule has 1 heterocycles. The van der Waals surface area contributed by atoms with Crippen molar-refractivity contribution in [2.75, 3.05) is 25.1 Å². The molecule has 0 saturated carbocycles. The molecule has 0 bridgehead atoms. The van der Waals surface area contributed by atoms with Crippen molar-refractivity contribution in [3.63, 3.8) is 0 Å². The number of anilines is 1. The number of carbonyl (C=O) groups excluding carboxylic acids is 3. The number of hydrogen-bond acceptors (Lipinski definition) is 7. The van der Waals surface area contributed by atoms with E-state index in [1.807, 2.05) is 13.8 Å². The molecule has 0 spiro atoms. The van der Waals surface area contributed by atoms with E-state index in [-0.39, 0.29) is 11.1 Å². The molecule has 0 atom stereocenters. The predicted molar refractivity (Wildman–Crippen MR) is 105 cm³/mol. The summed E-state index contributed by atoms with van der Waals surface area (Å²) < 4.78 is 16.1. The van der Waals surface area contributed by atoms with E-state index in [0.29, 0.717) is 29.7 Å². The van der Waals surface area contributed by atoms with Gasteiger partial charge in [0.1, 0.15) is 5.00 Å². The zero-order valence-electron chi connectivity index (χ0n) is 15.7. The lowest BCUT2D eigenvalue weighted by atomic mass is 10.2. The zero-order chi connectivity index (χ0) is 20.5. The average Bonchev–Trinajstić information content (AvgIpc) is 3.13. The molecule has 0 unspecified atom stereocenters. The number of nitrogens with two attached hydrogens (primary N) is 1. The quantitative estimate of drug-likeness (QED) is 0.586. The van der Waals surface area contributed by atoms with Crippen molar-refractivity contribution in [2.24, 2.45) is 5.73 Å². The summed E-state index contributed by atoms with van der Waals surface area (Å²) in [5.41, 5.74) is 5.66. The van der Waals surface area contributed by atoms with Gasteiger partial charge in [-0.25, -0.2) is 4.79 Å². The first kappa shape index (κ1) is 21.2. The Morgan fingerprint density at radius 2 is 1.89 bits per heavy atom. The lowest BCUT2D eigenvalue weighted by Crippen LogP contribution is -2.22. The van der Waals surface area contributed by atoms with Gasteiger partial charge in [-0.3, -0.25) is 9.59 Å². The van der Waals surface area contributed by atoms with E-state index in [2.05, 4.69) is 5.32 Å². The highest BCUT2D eigenvalue weighted by Gasteiger charge is 2.16. The maximum absolute atomic E-state index is 12.2. The number of nitrogens with one attached hydrogen (secondary N) is 1. The highest BCUT2D eigenvalue weighted by atomic mass is 32.1. The molecule has 2 aromatic rings. The Hall–Kier alpha value is -3.07. The Morgan fingerprint density at radius 1 is 1.11 bits per heavy atom. The number of amides is 2. The first-order valence-corrected chi connectivity index (χ1v) is 9.58. The molecule has 150 valence electrons. The highest BCUT2D eigenvalue weighted by molar-refractivity contribution is 7.14. The van der Waals surface area contributed by atoms with Crippen molar-refractivity contribution in [1.82, 2.24) is 0 Å². The molecule has 1 aromatic carbocycles. The molecule has 28 heavy (non-hydrogen) atoms. The minimum atomic E-state index is -0.681. The molecule has 0 saturated heterocycles. The van der Waals surface area contributed by atoms with Crippen LogP contribution in [0.3, 0.4) is 0 Å². The summed E-state index contributed by atoms with van der Waals surface area (Å²) in [6.45, 7) is 4.24. The van der Waals surface area contributed by atoms with Crippen LogP contribution in [0.1, 0.15) is 41.0 Å². The van der Waals surface area contributed by atoms with Crippen LogP contribution in [0.4, 0.5) is 5.00 Å². The molecular weight excluding hydrogens is 384 g/mol. The molecule has 2 amide bonds. The Bertz CT molecular complexity index is 849. The van der Waals surface area contributed by atoms with Crippen molar-refractivity contribution in [3.8, 4) is 11.5 Å². The van der Waals surface area contributed by atoms with Gasteiger partial charge in [-0.15, -0.1) is 11.3 Å². The van der Waals surface area contributed by atoms with Crippen molar-refractivity contribution in [1.29, 1.82) is 0 Å². The topological polar surface area (TPSA) is 117 Å². The Morgan fingerprint density at radius 3 is 2.57 bits per heavy atom. The second-order valence-corrected chi connectivity index (χ2v) is 6.51. The van der Waals surface area contributed by atoms with E-state index in [9.17, 15) is 14.4 Å². The molecule has 8 nitrogen and oxygen atoms in total. The van der Waals surface area contributed by atoms with Gasteiger partial charge in [-0.1, -0.05) is 6.92 Å². The van der Waals surface area contributed by atoms with Crippen LogP contribution >= 0.6 is 11.3 Å². The average molecular weight is 406 g/mol. The lowest BCUT2D eigenvalue weighted by Gasteiger charge is -2.13. The van der Waals surface area contributed by atoms with Crippen molar-refractivity contribution < 1.29 is 28.6 Å². The minimum Gasteiger partial charge on any atom is -0.490 e. The maximum atomic E-state index is 12.2. The highest BCUT2D eigenvalue weighted by Crippen LogP contribution is 2.29. The van der Waals surface area contributed by atoms with E-state index in [0.717, 1.165) is 17.8 Å². The van der Waals surface area contributed by atoms with E-state index < -0.39 is 24.4 Å². The number of thiophene rings is 1. The third-order valence-electron chi connectivity index (χ3n) is 3.46. The Balaban J connectivity index is 1.98. The molecule has 9 heteroatoms. The molecule has 0 radical (unpaired) electrons. The standard InChI is InChI=1S/C19H22N2O6S/c1-3-8-26-14-6-5-12(10-15(14)25-4-2)19(24)27-11-16(22)21-18-13(17(20)23)7-9-28-18/h5-7,9-10H,3-4,8,11H2,1-2H3,(H2,20,23)(H,21,22). The normalized spacial score (nSPS) is 10.2. The summed E-state index contributed by atoms with van der Waals surface area (Å²) in [6, 6.07) is 6.19. The zero-order valence-corrected chi connectivity index (χ0v) is 16.5.